The van der Waals surface area contributed by atoms with E-state index in [-0.39, 0.29) is 16.8 Å². The minimum atomic E-state index is -0.752. The molecule has 0 amide bonds. The zero-order valence-electron chi connectivity index (χ0n) is 6.23. The predicted molar refractivity (Wildman–Crippen MR) is 42.2 cm³/mol. The van der Waals surface area contributed by atoms with Gasteiger partial charge in [0, 0.05) is 0 Å². The smallest absolute Gasteiger partial charge is 0.357 e. The summed E-state index contributed by atoms with van der Waals surface area (Å²) in [4.78, 5) is 11.0. The molecule has 12 heavy (non-hydrogen) atoms. The van der Waals surface area contributed by atoms with E-state index in [1.165, 1.54) is 0 Å². The highest BCUT2D eigenvalue weighted by molar-refractivity contribution is 9.10. The number of rotatable bonds is 2. The van der Waals surface area contributed by atoms with Crippen LogP contribution in [0.4, 0.5) is 4.39 Å². The molecule has 0 aliphatic carbocycles. The van der Waals surface area contributed by atoms with Gasteiger partial charge >= 0.3 is 5.97 Å². The molecule has 0 unspecified atom stereocenters. The topological polar surface area (TPSA) is 55.0 Å². The van der Waals surface area contributed by atoms with Crippen LogP contribution in [0.2, 0.25) is 0 Å². The van der Waals surface area contributed by atoms with Crippen LogP contribution in [0.5, 0.6) is 0 Å². The highest BCUT2D eigenvalue weighted by Crippen LogP contribution is 2.17. The minimum Gasteiger partial charge on any atom is -0.461 e. The summed E-state index contributed by atoms with van der Waals surface area (Å²) in [5.74, 6) is -1.38. The summed E-state index contributed by atoms with van der Waals surface area (Å²) in [5.41, 5.74) is -0.00523. The molecular weight excluding hydrogens is 231 g/mol. The Balaban J connectivity index is 2.88. The van der Waals surface area contributed by atoms with Crippen LogP contribution in [0, 0.1) is 5.95 Å². The van der Waals surface area contributed by atoms with E-state index in [1.54, 1.807) is 6.92 Å². The molecule has 0 saturated heterocycles. The zero-order chi connectivity index (χ0) is 9.14. The minimum absolute atomic E-state index is 0.000880. The largest absolute Gasteiger partial charge is 0.461 e. The van der Waals surface area contributed by atoms with Crippen molar-refractivity contribution in [3.63, 3.8) is 0 Å². The second kappa shape index (κ2) is 3.66. The van der Waals surface area contributed by atoms with Crippen LogP contribution in [0.15, 0.2) is 4.47 Å². The molecule has 0 fully saturated rings. The second-order valence-corrected chi connectivity index (χ2v) is 2.72. The highest BCUT2D eigenvalue weighted by atomic mass is 79.9. The number of aromatic nitrogens is 2. The van der Waals surface area contributed by atoms with Crippen LogP contribution in [-0.4, -0.2) is 22.8 Å². The molecule has 4 nitrogen and oxygen atoms in total. The fourth-order valence-electron chi connectivity index (χ4n) is 0.645. The van der Waals surface area contributed by atoms with Crippen LogP contribution in [0.25, 0.3) is 0 Å². The highest BCUT2D eigenvalue weighted by Gasteiger charge is 2.17. The van der Waals surface area contributed by atoms with Gasteiger partial charge in [0.15, 0.2) is 5.69 Å². The molecular formula is C6H6BrFN2O2. The summed E-state index contributed by atoms with van der Waals surface area (Å²) in [6, 6.07) is 0. The molecule has 6 heteroatoms. The number of ether oxygens (including phenoxy) is 1. The lowest BCUT2D eigenvalue weighted by Crippen LogP contribution is -2.05. The zero-order valence-corrected chi connectivity index (χ0v) is 7.81. The van der Waals surface area contributed by atoms with E-state index in [0.717, 1.165) is 0 Å². The molecule has 1 heterocycles. The number of carbonyl (C=O) groups is 1. The lowest BCUT2D eigenvalue weighted by atomic mass is 10.4. The van der Waals surface area contributed by atoms with Crippen molar-refractivity contribution >= 4 is 21.9 Å². The van der Waals surface area contributed by atoms with Crippen LogP contribution in [0.1, 0.15) is 17.4 Å². The third-order valence-electron chi connectivity index (χ3n) is 1.15. The summed E-state index contributed by atoms with van der Waals surface area (Å²) in [7, 11) is 0. The predicted octanol–water partition coefficient (Wildman–Crippen LogP) is 1.49. The van der Waals surface area contributed by atoms with Crippen molar-refractivity contribution in [2.45, 2.75) is 6.92 Å². The standard InChI is InChI=1S/C6H6BrFN2O2/c1-2-12-6(11)4-3(7)5(8)10-9-4/h2H2,1H3,(H,9,10). The first-order chi connectivity index (χ1) is 5.66. The van der Waals surface area contributed by atoms with Gasteiger partial charge in [0.05, 0.1) is 6.61 Å². The number of aromatic amines is 1. The van der Waals surface area contributed by atoms with Crippen molar-refractivity contribution in [2.75, 3.05) is 6.61 Å². The van der Waals surface area contributed by atoms with Crippen LogP contribution in [0.3, 0.4) is 0 Å². The average molecular weight is 237 g/mol. The maximum absolute atomic E-state index is 12.5. The molecule has 0 radical (unpaired) electrons. The van der Waals surface area contributed by atoms with Crippen molar-refractivity contribution in [2.24, 2.45) is 0 Å². The molecule has 1 rings (SSSR count). The summed E-state index contributed by atoms with van der Waals surface area (Å²) in [5, 5.41) is 5.39. The molecule has 1 aromatic rings. The van der Waals surface area contributed by atoms with E-state index in [1.807, 2.05) is 0 Å². The Morgan fingerprint density at radius 3 is 2.92 bits per heavy atom. The van der Waals surface area contributed by atoms with Gasteiger partial charge in [-0.15, -0.1) is 5.10 Å². The summed E-state index contributed by atoms with van der Waals surface area (Å²) >= 11 is 2.85. The molecule has 0 saturated carbocycles. The number of hydrogen-bond acceptors (Lipinski definition) is 3. The van der Waals surface area contributed by atoms with Crippen LogP contribution < -0.4 is 0 Å². The van der Waals surface area contributed by atoms with Gasteiger partial charge in [0.1, 0.15) is 4.47 Å². The summed E-state index contributed by atoms with van der Waals surface area (Å²) < 4.78 is 17.2. The lowest BCUT2D eigenvalue weighted by Gasteiger charge is -1.97. The van der Waals surface area contributed by atoms with E-state index in [4.69, 9.17) is 0 Å². The Kier molecular flexibility index (Phi) is 2.80. The Bertz CT molecular complexity index is 300. The molecule has 0 aliphatic heterocycles. The van der Waals surface area contributed by atoms with Crippen molar-refractivity contribution in [3.8, 4) is 0 Å². The van der Waals surface area contributed by atoms with E-state index in [2.05, 4.69) is 30.9 Å². The lowest BCUT2D eigenvalue weighted by molar-refractivity contribution is 0.0518. The van der Waals surface area contributed by atoms with Gasteiger partial charge in [-0.2, -0.15) is 4.39 Å². The molecule has 0 aromatic carbocycles. The molecule has 1 aromatic heterocycles. The van der Waals surface area contributed by atoms with Crippen molar-refractivity contribution < 1.29 is 13.9 Å². The second-order valence-electron chi connectivity index (χ2n) is 1.92. The summed E-state index contributed by atoms with van der Waals surface area (Å²) in [6.07, 6.45) is 0. The third kappa shape index (κ3) is 1.63. The number of nitrogens with one attached hydrogen (secondary N) is 1. The Morgan fingerprint density at radius 1 is 1.83 bits per heavy atom. The van der Waals surface area contributed by atoms with Gasteiger partial charge in [-0.25, -0.2) is 4.79 Å². The van der Waals surface area contributed by atoms with Crippen molar-refractivity contribution in [3.05, 3.63) is 16.1 Å². The number of halogens is 2. The Morgan fingerprint density at radius 2 is 2.50 bits per heavy atom. The fraction of sp³-hybridized carbons (Fsp3) is 0.333. The summed E-state index contributed by atoms with van der Waals surface area (Å²) in [6.45, 7) is 1.91. The molecule has 1 N–H and O–H groups in total. The van der Waals surface area contributed by atoms with Gasteiger partial charge < -0.3 is 4.74 Å². The van der Waals surface area contributed by atoms with E-state index in [9.17, 15) is 9.18 Å². The molecule has 0 spiro atoms. The van der Waals surface area contributed by atoms with Gasteiger partial charge in [-0.1, -0.05) is 0 Å². The maximum Gasteiger partial charge on any atom is 0.357 e. The van der Waals surface area contributed by atoms with Gasteiger partial charge in [0.25, 0.3) is 0 Å². The first-order valence-corrected chi connectivity index (χ1v) is 4.02. The number of nitrogens with zero attached hydrogens (tertiary/aromatic N) is 1. The first-order valence-electron chi connectivity index (χ1n) is 3.23. The van der Waals surface area contributed by atoms with Gasteiger partial charge in [-0.3, -0.25) is 5.10 Å². The van der Waals surface area contributed by atoms with E-state index < -0.39 is 11.9 Å². The quantitative estimate of drug-likeness (QED) is 0.792. The molecule has 0 atom stereocenters. The van der Waals surface area contributed by atoms with Gasteiger partial charge in [0.2, 0.25) is 5.95 Å². The number of hydrogen-bond donors (Lipinski definition) is 1. The first kappa shape index (κ1) is 9.18. The third-order valence-corrected chi connectivity index (χ3v) is 1.87. The maximum atomic E-state index is 12.5. The average Bonchev–Trinajstić information content (AvgIpc) is 2.34. The van der Waals surface area contributed by atoms with Crippen LogP contribution in [-0.2, 0) is 4.74 Å². The normalized spacial score (nSPS) is 9.92. The number of carbonyl (C=O) groups excluding carboxylic acids is 1. The molecule has 0 bridgehead atoms. The molecule has 66 valence electrons. The van der Waals surface area contributed by atoms with Crippen LogP contribution >= 0.6 is 15.9 Å². The van der Waals surface area contributed by atoms with Gasteiger partial charge in [-0.05, 0) is 22.9 Å². The van der Waals surface area contributed by atoms with Crippen molar-refractivity contribution in [1.82, 2.24) is 10.2 Å². The van der Waals surface area contributed by atoms with E-state index in [0.29, 0.717) is 0 Å². The Labute approximate surface area is 76.2 Å². The SMILES string of the molecule is CCOC(=O)c1[nH]nc(F)c1Br. The molecule has 0 aliphatic rings. The number of esters is 1. The fourth-order valence-corrected chi connectivity index (χ4v) is 0.984. The number of H-pyrrole nitrogens is 1. The van der Waals surface area contributed by atoms with E-state index >= 15 is 0 Å². The van der Waals surface area contributed by atoms with Crippen molar-refractivity contribution in [1.29, 1.82) is 0 Å². The monoisotopic (exact) mass is 236 g/mol. The Hall–Kier alpha value is -0.910.